The largest absolute Gasteiger partial charge is 0.363 e. The lowest BCUT2D eigenvalue weighted by Gasteiger charge is -2.39. The summed E-state index contributed by atoms with van der Waals surface area (Å²) in [5.41, 5.74) is 2.14. The Kier molecular flexibility index (Phi) is 7.71. The van der Waals surface area contributed by atoms with Crippen LogP contribution in [0.4, 0.5) is 25.8 Å². The van der Waals surface area contributed by atoms with Crippen molar-refractivity contribution in [2.24, 2.45) is 20.9 Å². The molecular formula is C23H32F2N6O. The van der Waals surface area contributed by atoms with Crippen LogP contribution in [0.15, 0.2) is 27.1 Å². The number of aliphatic imine (C=N–C) groups is 3. The van der Waals surface area contributed by atoms with E-state index in [2.05, 4.69) is 31.9 Å². The highest BCUT2D eigenvalue weighted by molar-refractivity contribution is 5.96. The summed E-state index contributed by atoms with van der Waals surface area (Å²) in [5, 5.41) is 3.00. The standard InChI is InChI=1S/C23H32F2N6O/c1-5-28-20-16(13-26-2)6-7-19(21(20)27-3)31-14-17(12-23(24,25)15-31)22(32)29-18-8-10-30(4)11-9-18/h5-7,13,17-18H,3,8-12,14-15H2,1-2,4H3,(H,29,32). The van der Waals surface area contributed by atoms with Crippen LogP contribution in [0.2, 0.25) is 0 Å². The lowest BCUT2D eigenvalue weighted by molar-refractivity contribution is -0.130. The molecule has 174 valence electrons. The number of benzene rings is 1. The van der Waals surface area contributed by atoms with Crippen molar-refractivity contribution >= 4 is 42.1 Å². The molecule has 2 saturated heterocycles. The second-order valence-electron chi connectivity index (χ2n) is 8.53. The molecule has 3 rings (SSSR count). The number of likely N-dealkylation sites (tertiary alicyclic amines) is 1. The van der Waals surface area contributed by atoms with Crippen LogP contribution in [-0.2, 0) is 4.79 Å². The first-order valence-electron chi connectivity index (χ1n) is 10.9. The Hall–Kier alpha value is -2.68. The van der Waals surface area contributed by atoms with E-state index in [1.54, 1.807) is 38.5 Å². The number of nitrogens with zero attached hydrogens (tertiary/aromatic N) is 5. The molecule has 1 aromatic carbocycles. The molecular weight excluding hydrogens is 414 g/mol. The van der Waals surface area contributed by atoms with Crippen molar-refractivity contribution in [2.75, 3.05) is 45.2 Å². The molecule has 2 fully saturated rings. The Morgan fingerprint density at radius 3 is 2.62 bits per heavy atom. The Morgan fingerprint density at radius 1 is 1.28 bits per heavy atom. The average Bonchev–Trinajstić information content (AvgIpc) is 2.75. The van der Waals surface area contributed by atoms with E-state index in [0.717, 1.165) is 31.5 Å². The molecule has 9 heteroatoms. The molecule has 1 atom stereocenters. The van der Waals surface area contributed by atoms with Gasteiger partial charge in [-0.25, -0.2) is 8.78 Å². The fourth-order valence-electron chi connectivity index (χ4n) is 4.43. The van der Waals surface area contributed by atoms with Gasteiger partial charge in [-0.2, -0.15) is 0 Å². The van der Waals surface area contributed by atoms with Crippen LogP contribution in [0.3, 0.4) is 0 Å². The molecule has 0 radical (unpaired) electrons. The smallest absolute Gasteiger partial charge is 0.266 e. The molecule has 1 unspecified atom stereocenters. The van der Waals surface area contributed by atoms with Crippen LogP contribution in [-0.4, -0.2) is 82.2 Å². The van der Waals surface area contributed by atoms with Crippen molar-refractivity contribution in [3.63, 3.8) is 0 Å². The molecule has 0 saturated carbocycles. The van der Waals surface area contributed by atoms with Gasteiger partial charge in [-0.05, 0) is 58.8 Å². The maximum atomic E-state index is 14.7. The molecule has 0 spiro atoms. The lowest BCUT2D eigenvalue weighted by atomic mass is 9.92. The molecule has 2 heterocycles. The summed E-state index contributed by atoms with van der Waals surface area (Å²) in [7, 11) is 3.68. The number of nitrogens with one attached hydrogen (secondary N) is 1. The van der Waals surface area contributed by atoms with Gasteiger partial charge in [0.15, 0.2) is 0 Å². The zero-order chi connectivity index (χ0) is 23.3. The van der Waals surface area contributed by atoms with Crippen LogP contribution < -0.4 is 10.2 Å². The van der Waals surface area contributed by atoms with Gasteiger partial charge in [0.25, 0.3) is 5.92 Å². The fourth-order valence-corrected chi connectivity index (χ4v) is 4.43. The van der Waals surface area contributed by atoms with E-state index >= 15 is 0 Å². The molecule has 0 aromatic heterocycles. The molecule has 7 nitrogen and oxygen atoms in total. The summed E-state index contributed by atoms with van der Waals surface area (Å²) < 4.78 is 29.5. The highest BCUT2D eigenvalue weighted by Gasteiger charge is 2.44. The molecule has 0 aliphatic carbocycles. The highest BCUT2D eigenvalue weighted by atomic mass is 19.3. The third kappa shape index (κ3) is 5.56. The fraction of sp³-hybridized carbons (Fsp3) is 0.565. The minimum absolute atomic E-state index is 0.0335. The first-order chi connectivity index (χ1) is 15.3. The number of hydrogen-bond donors (Lipinski definition) is 1. The predicted octanol–water partition coefficient (Wildman–Crippen LogP) is 3.46. The minimum Gasteiger partial charge on any atom is -0.363 e. The summed E-state index contributed by atoms with van der Waals surface area (Å²) in [5.74, 6) is -4.12. The summed E-state index contributed by atoms with van der Waals surface area (Å²) >= 11 is 0. The Morgan fingerprint density at radius 2 is 2.00 bits per heavy atom. The monoisotopic (exact) mass is 446 g/mol. The van der Waals surface area contributed by atoms with Crippen LogP contribution in [0.5, 0.6) is 0 Å². The predicted molar refractivity (Wildman–Crippen MR) is 127 cm³/mol. The number of amides is 1. The molecule has 1 aromatic rings. The number of anilines is 1. The molecule has 2 aliphatic heterocycles. The van der Waals surface area contributed by atoms with Gasteiger partial charge in [-0.1, -0.05) is 0 Å². The van der Waals surface area contributed by atoms with Crippen LogP contribution in [0.25, 0.3) is 0 Å². The highest BCUT2D eigenvalue weighted by Crippen LogP contribution is 2.43. The van der Waals surface area contributed by atoms with E-state index in [1.807, 2.05) is 7.05 Å². The summed E-state index contributed by atoms with van der Waals surface area (Å²) in [6.45, 7) is 6.89. The number of carbonyl (C=O) groups is 1. The van der Waals surface area contributed by atoms with Gasteiger partial charge < -0.3 is 15.1 Å². The van der Waals surface area contributed by atoms with E-state index in [-0.39, 0.29) is 18.5 Å². The molecule has 0 bridgehead atoms. The molecule has 1 amide bonds. The van der Waals surface area contributed by atoms with E-state index in [0.29, 0.717) is 17.1 Å². The SMILES string of the molecule is C=Nc1c(N2CC(C(=O)NC3CCN(C)CC3)CC(F)(F)C2)ccc(C=NC)c1N=CC. The lowest BCUT2D eigenvalue weighted by Crippen LogP contribution is -2.53. The van der Waals surface area contributed by atoms with Gasteiger partial charge in [0.05, 0.1) is 23.8 Å². The van der Waals surface area contributed by atoms with Gasteiger partial charge in [-0.15, -0.1) is 0 Å². The zero-order valence-corrected chi connectivity index (χ0v) is 19.0. The first kappa shape index (κ1) is 24.0. The zero-order valence-electron chi connectivity index (χ0n) is 19.0. The average molecular weight is 447 g/mol. The van der Waals surface area contributed by atoms with Crippen molar-refractivity contribution in [1.82, 2.24) is 10.2 Å². The van der Waals surface area contributed by atoms with Crippen molar-refractivity contribution < 1.29 is 13.6 Å². The van der Waals surface area contributed by atoms with E-state index in [9.17, 15) is 13.6 Å². The third-order valence-corrected chi connectivity index (χ3v) is 6.03. The van der Waals surface area contributed by atoms with E-state index < -0.39 is 24.8 Å². The van der Waals surface area contributed by atoms with Crippen molar-refractivity contribution in [3.05, 3.63) is 17.7 Å². The quantitative estimate of drug-likeness (QED) is 0.681. The van der Waals surface area contributed by atoms with E-state index in [1.165, 1.54) is 4.90 Å². The molecule has 32 heavy (non-hydrogen) atoms. The van der Waals surface area contributed by atoms with Crippen molar-refractivity contribution in [2.45, 2.75) is 38.2 Å². The maximum absolute atomic E-state index is 14.7. The van der Waals surface area contributed by atoms with Crippen LogP contribution >= 0.6 is 0 Å². The van der Waals surface area contributed by atoms with Gasteiger partial charge in [0, 0.05) is 44.0 Å². The summed E-state index contributed by atoms with van der Waals surface area (Å²) in [6, 6.07) is 3.54. The summed E-state index contributed by atoms with van der Waals surface area (Å²) in [4.78, 5) is 29.2. The maximum Gasteiger partial charge on any atom is 0.266 e. The number of rotatable bonds is 6. The normalized spacial score (nSPS) is 22.5. The second-order valence-corrected chi connectivity index (χ2v) is 8.53. The topological polar surface area (TPSA) is 72.7 Å². The van der Waals surface area contributed by atoms with Crippen molar-refractivity contribution in [1.29, 1.82) is 0 Å². The van der Waals surface area contributed by atoms with Crippen molar-refractivity contribution in [3.8, 4) is 0 Å². The Balaban J connectivity index is 1.86. The summed E-state index contributed by atoms with van der Waals surface area (Å²) in [6.07, 6.45) is 4.46. The van der Waals surface area contributed by atoms with Gasteiger partial charge in [0.1, 0.15) is 5.69 Å². The number of alkyl halides is 2. The molecule has 2 aliphatic rings. The minimum atomic E-state index is -3.00. The van der Waals surface area contributed by atoms with Gasteiger partial charge in [0.2, 0.25) is 5.91 Å². The van der Waals surface area contributed by atoms with Crippen LogP contribution in [0.1, 0.15) is 31.7 Å². The Labute approximate surface area is 188 Å². The Bertz CT molecular complexity index is 893. The number of carbonyl (C=O) groups excluding carboxylic acids is 1. The van der Waals surface area contributed by atoms with Crippen LogP contribution in [0, 0.1) is 5.92 Å². The first-order valence-corrected chi connectivity index (χ1v) is 10.9. The number of piperidine rings is 2. The van der Waals surface area contributed by atoms with Gasteiger partial charge in [-0.3, -0.25) is 19.8 Å². The van der Waals surface area contributed by atoms with Gasteiger partial charge >= 0.3 is 0 Å². The number of halogens is 2. The molecule has 1 N–H and O–H groups in total. The second kappa shape index (κ2) is 10.3. The van der Waals surface area contributed by atoms with E-state index in [4.69, 9.17) is 0 Å². The number of hydrogen-bond acceptors (Lipinski definition) is 6. The third-order valence-electron chi connectivity index (χ3n) is 6.03.